The number of aromatic nitrogens is 2. The molecule has 0 aliphatic carbocycles. The third kappa shape index (κ3) is 3.75. The minimum absolute atomic E-state index is 0.145. The van der Waals surface area contributed by atoms with Crippen molar-refractivity contribution in [2.45, 2.75) is 6.42 Å². The van der Waals surface area contributed by atoms with Crippen molar-refractivity contribution in [2.75, 3.05) is 14.2 Å². The molecule has 2 N–H and O–H groups in total. The molecule has 0 bridgehead atoms. The number of rotatable bonds is 7. The van der Waals surface area contributed by atoms with E-state index in [9.17, 15) is 23.9 Å². The molecule has 9 heteroatoms. The van der Waals surface area contributed by atoms with Crippen LogP contribution in [-0.4, -0.2) is 40.9 Å². The van der Waals surface area contributed by atoms with E-state index in [0.717, 1.165) is 10.7 Å². The number of ether oxygens (including phenoxy) is 2. The summed E-state index contributed by atoms with van der Waals surface area (Å²) >= 11 is 0. The molecule has 3 aromatic rings. The lowest BCUT2D eigenvalue weighted by Gasteiger charge is -2.07. The van der Waals surface area contributed by atoms with Crippen molar-refractivity contribution in [3.05, 3.63) is 75.5 Å². The van der Waals surface area contributed by atoms with Gasteiger partial charge in [0.2, 0.25) is 5.78 Å². The zero-order chi connectivity index (χ0) is 21.1. The lowest BCUT2D eigenvalue weighted by Crippen LogP contribution is -2.22. The van der Waals surface area contributed by atoms with Gasteiger partial charge in [0.05, 0.1) is 31.9 Å². The molecule has 0 fully saturated rings. The minimum Gasteiger partial charge on any atom is -0.497 e. The summed E-state index contributed by atoms with van der Waals surface area (Å²) in [4.78, 5) is 37.2. The number of aliphatic carboxylic acids is 1. The van der Waals surface area contributed by atoms with Gasteiger partial charge in [-0.25, -0.2) is 9.07 Å². The third-order valence-electron chi connectivity index (χ3n) is 4.27. The Kier molecular flexibility index (Phi) is 5.49. The number of carbonyl (C=O) groups is 2. The quantitative estimate of drug-likeness (QED) is 0.588. The number of carboxylic acid groups (broad SMARTS) is 1. The van der Waals surface area contributed by atoms with Crippen molar-refractivity contribution in [1.82, 2.24) is 9.78 Å². The van der Waals surface area contributed by atoms with E-state index < -0.39 is 35.1 Å². The standard InChI is InChI=1S/C20H17FN2O6/c1-28-11-7-8-12(13(21)9-11)19(26)18-14(10-17(24)25)22-23(20(18)27)15-5-3-4-6-16(15)29-2/h3-9,22H,10H2,1-2H3,(H,24,25). The van der Waals surface area contributed by atoms with E-state index in [-0.39, 0.29) is 22.7 Å². The molecule has 8 nitrogen and oxygen atoms in total. The number of halogens is 1. The van der Waals surface area contributed by atoms with Gasteiger partial charge in [-0.2, -0.15) is 0 Å². The van der Waals surface area contributed by atoms with Gasteiger partial charge in [0, 0.05) is 6.07 Å². The van der Waals surface area contributed by atoms with Crippen LogP contribution in [0.2, 0.25) is 0 Å². The van der Waals surface area contributed by atoms with Crippen LogP contribution in [0.1, 0.15) is 21.6 Å². The van der Waals surface area contributed by atoms with Crippen molar-refractivity contribution in [2.24, 2.45) is 0 Å². The molecule has 0 aliphatic rings. The predicted molar refractivity (Wildman–Crippen MR) is 101 cm³/mol. The van der Waals surface area contributed by atoms with Gasteiger partial charge in [-0.3, -0.25) is 19.5 Å². The number of methoxy groups -OCH3 is 2. The maximum Gasteiger partial charge on any atom is 0.309 e. The number of aromatic amines is 1. The molecule has 2 aromatic carbocycles. The van der Waals surface area contributed by atoms with E-state index in [1.807, 2.05) is 0 Å². The largest absolute Gasteiger partial charge is 0.497 e. The van der Waals surface area contributed by atoms with Gasteiger partial charge in [0.1, 0.15) is 28.6 Å². The fourth-order valence-electron chi connectivity index (χ4n) is 2.92. The fourth-order valence-corrected chi connectivity index (χ4v) is 2.92. The number of nitrogens with one attached hydrogen (secondary N) is 1. The van der Waals surface area contributed by atoms with Gasteiger partial charge in [-0.1, -0.05) is 12.1 Å². The molecule has 0 radical (unpaired) electrons. The molecular weight excluding hydrogens is 383 g/mol. The molecular formula is C20H17FN2O6. The number of carboxylic acids is 1. The van der Waals surface area contributed by atoms with Crippen LogP contribution < -0.4 is 15.0 Å². The zero-order valence-electron chi connectivity index (χ0n) is 15.6. The molecule has 0 saturated heterocycles. The average molecular weight is 400 g/mol. The highest BCUT2D eigenvalue weighted by molar-refractivity contribution is 6.10. The summed E-state index contributed by atoms with van der Waals surface area (Å²) in [6, 6.07) is 10.1. The second-order valence-corrected chi connectivity index (χ2v) is 6.02. The summed E-state index contributed by atoms with van der Waals surface area (Å²) in [5.41, 5.74) is -1.51. The Labute approximate surface area is 164 Å². The van der Waals surface area contributed by atoms with Crippen LogP contribution in [0.3, 0.4) is 0 Å². The van der Waals surface area contributed by atoms with Crippen LogP contribution in [0.5, 0.6) is 11.5 Å². The van der Waals surface area contributed by atoms with Crippen LogP contribution >= 0.6 is 0 Å². The summed E-state index contributed by atoms with van der Waals surface area (Å²) in [6.45, 7) is 0. The van der Waals surface area contributed by atoms with Crippen molar-refractivity contribution < 1.29 is 28.6 Å². The molecule has 1 aromatic heterocycles. The lowest BCUT2D eigenvalue weighted by atomic mass is 10.0. The van der Waals surface area contributed by atoms with E-state index in [4.69, 9.17) is 9.47 Å². The lowest BCUT2D eigenvalue weighted by molar-refractivity contribution is -0.136. The van der Waals surface area contributed by atoms with Gasteiger partial charge in [-0.05, 0) is 24.3 Å². The van der Waals surface area contributed by atoms with Gasteiger partial charge in [0.15, 0.2) is 0 Å². The average Bonchev–Trinajstić information content (AvgIpc) is 3.02. The van der Waals surface area contributed by atoms with Crippen molar-refractivity contribution in [3.63, 3.8) is 0 Å². The first-order chi connectivity index (χ1) is 13.9. The maximum absolute atomic E-state index is 14.4. The number of nitrogens with zero attached hydrogens (tertiary/aromatic N) is 1. The summed E-state index contributed by atoms with van der Waals surface area (Å²) in [5.74, 6) is -2.56. The highest BCUT2D eigenvalue weighted by Crippen LogP contribution is 2.23. The molecule has 0 atom stereocenters. The van der Waals surface area contributed by atoms with E-state index in [0.29, 0.717) is 5.75 Å². The van der Waals surface area contributed by atoms with Gasteiger partial charge < -0.3 is 14.6 Å². The minimum atomic E-state index is -1.26. The van der Waals surface area contributed by atoms with Crippen LogP contribution in [0, 0.1) is 5.82 Å². The summed E-state index contributed by atoms with van der Waals surface area (Å²) < 4.78 is 25.5. The van der Waals surface area contributed by atoms with Gasteiger partial charge >= 0.3 is 5.97 Å². The molecule has 29 heavy (non-hydrogen) atoms. The number of hydrogen-bond acceptors (Lipinski definition) is 5. The Morgan fingerprint density at radius 1 is 1.14 bits per heavy atom. The number of carbonyl (C=O) groups excluding carboxylic acids is 1. The Bertz CT molecular complexity index is 1150. The van der Waals surface area contributed by atoms with E-state index in [1.165, 1.54) is 26.4 Å². The predicted octanol–water partition coefficient (Wildman–Crippen LogP) is 2.18. The summed E-state index contributed by atoms with van der Waals surface area (Å²) in [7, 11) is 2.75. The first-order valence-corrected chi connectivity index (χ1v) is 8.44. The van der Waals surface area contributed by atoms with E-state index in [2.05, 4.69) is 5.10 Å². The molecule has 0 aliphatic heterocycles. The van der Waals surface area contributed by atoms with Crippen molar-refractivity contribution in [1.29, 1.82) is 0 Å². The van der Waals surface area contributed by atoms with Crippen LogP contribution in [-0.2, 0) is 11.2 Å². The highest BCUT2D eigenvalue weighted by atomic mass is 19.1. The SMILES string of the molecule is COc1ccc(C(=O)c2c(CC(=O)O)[nH]n(-c3ccccc3OC)c2=O)c(F)c1. The van der Waals surface area contributed by atoms with Crippen molar-refractivity contribution in [3.8, 4) is 17.2 Å². The first kappa shape index (κ1) is 19.9. The zero-order valence-corrected chi connectivity index (χ0v) is 15.6. The normalized spacial score (nSPS) is 10.6. The molecule has 0 amide bonds. The number of benzene rings is 2. The maximum atomic E-state index is 14.4. The van der Waals surface area contributed by atoms with E-state index in [1.54, 1.807) is 24.3 Å². The van der Waals surface area contributed by atoms with Crippen LogP contribution in [0.25, 0.3) is 5.69 Å². The van der Waals surface area contributed by atoms with E-state index >= 15 is 0 Å². The molecule has 150 valence electrons. The van der Waals surface area contributed by atoms with Crippen molar-refractivity contribution >= 4 is 11.8 Å². The Morgan fingerprint density at radius 3 is 2.48 bits per heavy atom. The second-order valence-electron chi connectivity index (χ2n) is 6.02. The number of hydrogen-bond donors (Lipinski definition) is 2. The van der Waals surface area contributed by atoms with Crippen LogP contribution in [0.15, 0.2) is 47.3 Å². The number of ketones is 1. The number of para-hydroxylation sites is 2. The molecule has 3 rings (SSSR count). The summed E-state index contributed by atoms with van der Waals surface area (Å²) in [6.07, 6.45) is -0.629. The second kappa shape index (κ2) is 8.01. The molecule has 0 spiro atoms. The van der Waals surface area contributed by atoms with Gasteiger partial charge in [0.25, 0.3) is 5.56 Å². The first-order valence-electron chi connectivity index (χ1n) is 8.44. The topological polar surface area (TPSA) is 111 Å². The Morgan fingerprint density at radius 2 is 1.86 bits per heavy atom. The van der Waals surface area contributed by atoms with Crippen LogP contribution in [0.4, 0.5) is 4.39 Å². The summed E-state index contributed by atoms with van der Waals surface area (Å²) in [5, 5.41) is 11.8. The Hall–Kier alpha value is -3.88. The van der Waals surface area contributed by atoms with Gasteiger partial charge in [-0.15, -0.1) is 0 Å². The highest BCUT2D eigenvalue weighted by Gasteiger charge is 2.27. The third-order valence-corrected chi connectivity index (χ3v) is 4.27. The molecule has 1 heterocycles. The Balaban J connectivity index is 2.20. The number of H-pyrrole nitrogens is 1. The molecule has 0 unspecified atom stereocenters. The fraction of sp³-hybridized carbons (Fsp3) is 0.150. The smallest absolute Gasteiger partial charge is 0.309 e. The monoisotopic (exact) mass is 400 g/mol. The molecule has 0 saturated carbocycles.